The summed E-state index contributed by atoms with van der Waals surface area (Å²) in [5.41, 5.74) is 2.68. The van der Waals surface area contributed by atoms with Crippen molar-refractivity contribution < 1.29 is 0 Å². The zero-order chi connectivity index (χ0) is 13.5. The highest BCUT2D eigenvalue weighted by Crippen LogP contribution is 2.18. The summed E-state index contributed by atoms with van der Waals surface area (Å²) in [4.78, 5) is 0. The number of hydrogen-bond acceptors (Lipinski definition) is 2. The van der Waals surface area contributed by atoms with E-state index in [1.807, 2.05) is 17.9 Å². The summed E-state index contributed by atoms with van der Waals surface area (Å²) in [7, 11) is 2.02. The third-order valence-corrected chi connectivity index (χ3v) is 3.42. The van der Waals surface area contributed by atoms with Crippen molar-refractivity contribution in [3.63, 3.8) is 0 Å². The Morgan fingerprint density at radius 3 is 2.74 bits per heavy atom. The molecule has 0 bridgehead atoms. The van der Waals surface area contributed by atoms with Crippen LogP contribution in [0.25, 0.3) is 0 Å². The number of hydrogen-bond donors (Lipinski definition) is 1. The first-order valence-electron chi connectivity index (χ1n) is 7.07. The van der Waals surface area contributed by atoms with E-state index in [1.54, 1.807) is 0 Å². The van der Waals surface area contributed by atoms with Crippen molar-refractivity contribution in [3.05, 3.63) is 53.9 Å². The van der Waals surface area contributed by atoms with Gasteiger partial charge in [0.1, 0.15) is 0 Å². The second kappa shape index (κ2) is 7.10. The molecule has 0 saturated heterocycles. The summed E-state index contributed by atoms with van der Waals surface area (Å²) in [5.74, 6) is 0. The highest BCUT2D eigenvalue weighted by molar-refractivity contribution is 5.16. The van der Waals surface area contributed by atoms with Gasteiger partial charge in [-0.05, 0) is 31.9 Å². The molecule has 0 aliphatic carbocycles. The molecule has 1 unspecified atom stereocenters. The molecule has 0 radical (unpaired) electrons. The molecule has 1 heterocycles. The maximum absolute atomic E-state index is 4.41. The van der Waals surface area contributed by atoms with Crippen LogP contribution < -0.4 is 5.32 Å². The van der Waals surface area contributed by atoms with Crippen molar-refractivity contribution in [1.82, 2.24) is 15.1 Å². The van der Waals surface area contributed by atoms with Crippen LogP contribution in [0.3, 0.4) is 0 Å². The van der Waals surface area contributed by atoms with Gasteiger partial charge in [-0.3, -0.25) is 4.68 Å². The van der Waals surface area contributed by atoms with Crippen molar-refractivity contribution in [2.45, 2.75) is 38.8 Å². The molecule has 3 heteroatoms. The van der Waals surface area contributed by atoms with Gasteiger partial charge in [-0.2, -0.15) is 5.10 Å². The monoisotopic (exact) mass is 257 g/mol. The van der Waals surface area contributed by atoms with Gasteiger partial charge in [-0.25, -0.2) is 0 Å². The molecule has 1 aromatic carbocycles. The van der Waals surface area contributed by atoms with Gasteiger partial charge in [0, 0.05) is 24.3 Å². The van der Waals surface area contributed by atoms with E-state index in [1.165, 1.54) is 11.1 Å². The highest BCUT2D eigenvalue weighted by Gasteiger charge is 2.11. The molecular formula is C16H23N3. The summed E-state index contributed by atoms with van der Waals surface area (Å²) in [6, 6.07) is 11.0. The fraction of sp³-hybridized carbons (Fsp3) is 0.438. The second-order valence-corrected chi connectivity index (χ2v) is 4.90. The smallest absolute Gasteiger partial charge is 0.0537 e. The number of nitrogens with one attached hydrogen (secondary N) is 1. The third kappa shape index (κ3) is 3.93. The molecule has 19 heavy (non-hydrogen) atoms. The summed E-state index contributed by atoms with van der Waals surface area (Å²) in [6.07, 6.45) is 7.45. The van der Waals surface area contributed by atoms with Gasteiger partial charge >= 0.3 is 0 Å². The molecule has 1 aromatic heterocycles. The molecule has 0 fully saturated rings. The first-order chi connectivity index (χ1) is 9.33. The lowest BCUT2D eigenvalue weighted by Crippen LogP contribution is -2.16. The van der Waals surface area contributed by atoms with Crippen LogP contribution in [0.4, 0.5) is 0 Å². The molecule has 102 valence electrons. The van der Waals surface area contributed by atoms with Crippen LogP contribution in [0.2, 0.25) is 0 Å². The topological polar surface area (TPSA) is 29.9 Å². The van der Waals surface area contributed by atoms with Gasteiger partial charge in [0.05, 0.1) is 6.20 Å². The SMILES string of the molecule is CCCn1cc(C(CCc2ccccc2)NC)cn1. The van der Waals surface area contributed by atoms with Crippen LogP contribution in [0, 0.1) is 0 Å². The Labute approximate surface area is 115 Å². The maximum atomic E-state index is 4.41. The Bertz CT molecular complexity index is 476. The largest absolute Gasteiger partial charge is 0.313 e. The Balaban J connectivity index is 1.95. The standard InChI is InChI=1S/C16H23N3/c1-3-11-19-13-15(12-18-19)16(17-2)10-9-14-7-5-4-6-8-14/h4-8,12-13,16-17H,3,9-11H2,1-2H3. The molecule has 1 N–H and O–H groups in total. The van der Waals surface area contributed by atoms with Gasteiger partial charge in [0.25, 0.3) is 0 Å². The van der Waals surface area contributed by atoms with Gasteiger partial charge < -0.3 is 5.32 Å². The Morgan fingerprint density at radius 2 is 2.05 bits per heavy atom. The first kappa shape index (κ1) is 13.8. The van der Waals surface area contributed by atoms with Crippen LogP contribution in [0.15, 0.2) is 42.7 Å². The van der Waals surface area contributed by atoms with Gasteiger partial charge in [-0.15, -0.1) is 0 Å². The molecule has 0 saturated carbocycles. The number of nitrogens with zero attached hydrogens (tertiary/aromatic N) is 2. The molecule has 0 amide bonds. The van der Waals surface area contributed by atoms with Crippen molar-refractivity contribution >= 4 is 0 Å². The highest BCUT2D eigenvalue weighted by atomic mass is 15.3. The number of aryl methyl sites for hydroxylation is 2. The second-order valence-electron chi connectivity index (χ2n) is 4.90. The average molecular weight is 257 g/mol. The fourth-order valence-corrected chi connectivity index (χ4v) is 2.34. The summed E-state index contributed by atoms with van der Waals surface area (Å²) in [6.45, 7) is 3.17. The molecule has 3 nitrogen and oxygen atoms in total. The van der Waals surface area contributed by atoms with E-state index in [9.17, 15) is 0 Å². The lowest BCUT2D eigenvalue weighted by molar-refractivity contribution is 0.546. The van der Waals surface area contributed by atoms with Crippen molar-refractivity contribution in [3.8, 4) is 0 Å². The quantitative estimate of drug-likeness (QED) is 0.825. The molecule has 2 aromatic rings. The lowest BCUT2D eigenvalue weighted by Gasteiger charge is -2.14. The third-order valence-electron chi connectivity index (χ3n) is 3.42. The summed E-state index contributed by atoms with van der Waals surface area (Å²) in [5, 5.41) is 7.80. The molecule has 0 spiro atoms. The normalized spacial score (nSPS) is 12.5. The van der Waals surface area contributed by atoms with E-state index in [0.717, 1.165) is 25.8 Å². The lowest BCUT2D eigenvalue weighted by atomic mass is 10.0. The van der Waals surface area contributed by atoms with E-state index in [0.29, 0.717) is 6.04 Å². The summed E-state index contributed by atoms with van der Waals surface area (Å²) >= 11 is 0. The molecule has 0 aliphatic rings. The van der Waals surface area contributed by atoms with E-state index in [-0.39, 0.29) is 0 Å². The fourth-order valence-electron chi connectivity index (χ4n) is 2.34. The van der Waals surface area contributed by atoms with E-state index >= 15 is 0 Å². The van der Waals surface area contributed by atoms with Crippen molar-refractivity contribution in [2.75, 3.05) is 7.05 Å². The van der Waals surface area contributed by atoms with Crippen molar-refractivity contribution in [1.29, 1.82) is 0 Å². The van der Waals surface area contributed by atoms with Gasteiger partial charge in [0.15, 0.2) is 0 Å². The number of aromatic nitrogens is 2. The van der Waals surface area contributed by atoms with Crippen LogP contribution in [0.5, 0.6) is 0 Å². The molecule has 2 rings (SSSR count). The maximum Gasteiger partial charge on any atom is 0.0537 e. The molecule has 1 atom stereocenters. The predicted octanol–water partition coefficient (Wildman–Crippen LogP) is 3.19. The van der Waals surface area contributed by atoms with Gasteiger partial charge in [-0.1, -0.05) is 37.3 Å². The minimum Gasteiger partial charge on any atom is -0.313 e. The zero-order valence-electron chi connectivity index (χ0n) is 11.8. The Kier molecular flexibility index (Phi) is 5.16. The van der Waals surface area contributed by atoms with Crippen LogP contribution in [0.1, 0.15) is 36.9 Å². The molecule has 0 aliphatic heterocycles. The average Bonchev–Trinajstić information content (AvgIpc) is 2.90. The van der Waals surface area contributed by atoms with Crippen LogP contribution >= 0.6 is 0 Å². The number of rotatable bonds is 7. The zero-order valence-corrected chi connectivity index (χ0v) is 11.8. The minimum absolute atomic E-state index is 0.380. The van der Waals surface area contributed by atoms with E-state index in [4.69, 9.17) is 0 Å². The van der Waals surface area contributed by atoms with Gasteiger partial charge in [0.2, 0.25) is 0 Å². The van der Waals surface area contributed by atoms with E-state index in [2.05, 4.69) is 53.9 Å². The Morgan fingerprint density at radius 1 is 1.26 bits per heavy atom. The predicted molar refractivity (Wildman–Crippen MR) is 79.1 cm³/mol. The Hall–Kier alpha value is -1.61. The van der Waals surface area contributed by atoms with E-state index < -0.39 is 0 Å². The number of benzene rings is 1. The van der Waals surface area contributed by atoms with Crippen molar-refractivity contribution in [2.24, 2.45) is 0 Å². The van der Waals surface area contributed by atoms with Crippen LogP contribution in [-0.2, 0) is 13.0 Å². The van der Waals surface area contributed by atoms with Crippen LogP contribution in [-0.4, -0.2) is 16.8 Å². The first-order valence-corrected chi connectivity index (χ1v) is 7.07. The molecular weight excluding hydrogens is 234 g/mol. The minimum atomic E-state index is 0.380. The summed E-state index contributed by atoms with van der Waals surface area (Å²) < 4.78 is 2.03.